The van der Waals surface area contributed by atoms with Crippen LogP contribution in [0.25, 0.3) is 0 Å². The van der Waals surface area contributed by atoms with Crippen molar-refractivity contribution in [3.63, 3.8) is 0 Å². The Bertz CT molecular complexity index is 473. The summed E-state index contributed by atoms with van der Waals surface area (Å²) >= 11 is 0. The van der Waals surface area contributed by atoms with E-state index in [-0.39, 0.29) is 5.56 Å². The van der Waals surface area contributed by atoms with E-state index in [2.05, 4.69) is 19.1 Å². The van der Waals surface area contributed by atoms with Crippen molar-refractivity contribution in [1.82, 2.24) is 0 Å². The van der Waals surface area contributed by atoms with Crippen LogP contribution in [0.15, 0.2) is 54.6 Å². The predicted molar refractivity (Wildman–Crippen MR) is 67.4 cm³/mol. The van der Waals surface area contributed by atoms with Gasteiger partial charge < -0.3 is 0 Å². The summed E-state index contributed by atoms with van der Waals surface area (Å²) in [4.78, 5) is 0. The molecule has 0 spiro atoms. The molecule has 2 aromatic carbocycles. The maximum Gasteiger partial charge on any atom is 0.416 e. The molecule has 0 nitrogen and oxygen atoms in total. The van der Waals surface area contributed by atoms with Crippen molar-refractivity contribution in [1.29, 1.82) is 0 Å². The van der Waals surface area contributed by atoms with Gasteiger partial charge >= 0.3 is 6.18 Å². The van der Waals surface area contributed by atoms with Crippen molar-refractivity contribution in [3.05, 3.63) is 71.3 Å². The summed E-state index contributed by atoms with van der Waals surface area (Å²) < 4.78 is 36.1. The smallest absolute Gasteiger partial charge is 0.166 e. The molecular weight excluding hydrogens is 237 g/mol. The summed E-state index contributed by atoms with van der Waals surface area (Å²) in [5, 5.41) is 0. The first-order valence-corrected chi connectivity index (χ1v) is 5.55. The Morgan fingerprint density at radius 3 is 1.56 bits per heavy atom. The molecule has 0 radical (unpaired) electrons. The normalized spacial score (nSPS) is 10.5. The molecule has 0 saturated heterocycles. The molecule has 0 amide bonds. The minimum absolute atomic E-state index is 0.264. The summed E-state index contributed by atoms with van der Waals surface area (Å²) in [5.74, 6) is 0. The van der Waals surface area contributed by atoms with Gasteiger partial charge in [-0.05, 0) is 25.5 Å². The highest BCUT2D eigenvalue weighted by molar-refractivity contribution is 5.27. The molecule has 0 aromatic heterocycles. The number of halogens is 3. The van der Waals surface area contributed by atoms with Gasteiger partial charge in [0, 0.05) is 0 Å². The second kappa shape index (κ2) is 6.24. The number of alkyl halides is 3. The van der Waals surface area contributed by atoms with Crippen LogP contribution in [0.2, 0.25) is 0 Å². The van der Waals surface area contributed by atoms with Crippen molar-refractivity contribution in [2.45, 2.75) is 20.0 Å². The van der Waals surface area contributed by atoms with Crippen LogP contribution in [0.3, 0.4) is 0 Å². The zero-order valence-corrected chi connectivity index (χ0v) is 10.3. The first-order chi connectivity index (χ1) is 8.41. The second-order valence-corrected chi connectivity index (χ2v) is 3.97. The molecule has 2 aromatic rings. The zero-order valence-electron chi connectivity index (χ0n) is 10.3. The van der Waals surface area contributed by atoms with E-state index < -0.39 is 11.7 Å². The highest BCUT2D eigenvalue weighted by Gasteiger charge is 2.31. The molecule has 0 heterocycles. The van der Waals surface area contributed by atoms with Gasteiger partial charge in [0.1, 0.15) is 0 Å². The van der Waals surface area contributed by atoms with Crippen LogP contribution in [-0.2, 0) is 6.18 Å². The lowest BCUT2D eigenvalue weighted by molar-refractivity contribution is -0.138. The van der Waals surface area contributed by atoms with Crippen molar-refractivity contribution in [2.75, 3.05) is 0 Å². The third-order valence-electron chi connectivity index (χ3n) is 2.39. The molecule has 18 heavy (non-hydrogen) atoms. The van der Waals surface area contributed by atoms with E-state index >= 15 is 0 Å². The minimum atomic E-state index is -4.22. The number of aryl methyl sites for hydroxylation is 2. The third kappa shape index (κ3) is 4.62. The van der Waals surface area contributed by atoms with Crippen LogP contribution in [0.4, 0.5) is 13.2 Å². The van der Waals surface area contributed by atoms with Gasteiger partial charge in [0.2, 0.25) is 0 Å². The minimum Gasteiger partial charge on any atom is -0.166 e. The van der Waals surface area contributed by atoms with Crippen molar-refractivity contribution >= 4 is 0 Å². The lowest BCUT2D eigenvalue weighted by Gasteiger charge is -2.08. The SMILES string of the molecule is Cc1ccccc1.Cc1ccccc1C(F)(F)F. The second-order valence-electron chi connectivity index (χ2n) is 3.97. The average Bonchev–Trinajstić information content (AvgIpc) is 2.30. The summed E-state index contributed by atoms with van der Waals surface area (Å²) in [6.45, 7) is 3.53. The number of benzene rings is 2. The van der Waals surface area contributed by atoms with E-state index in [0.717, 1.165) is 6.07 Å². The largest absolute Gasteiger partial charge is 0.416 e. The zero-order chi connectivity index (χ0) is 13.6. The van der Waals surface area contributed by atoms with Gasteiger partial charge in [0.05, 0.1) is 5.56 Å². The van der Waals surface area contributed by atoms with Crippen molar-refractivity contribution in [2.24, 2.45) is 0 Å². The fraction of sp³-hybridized carbons (Fsp3) is 0.200. The van der Waals surface area contributed by atoms with Gasteiger partial charge in [-0.25, -0.2) is 0 Å². The molecule has 3 heteroatoms. The molecule has 0 aliphatic heterocycles. The Hall–Kier alpha value is -1.77. The van der Waals surface area contributed by atoms with Crippen LogP contribution in [0, 0.1) is 13.8 Å². The molecular formula is C15H15F3. The number of rotatable bonds is 0. The fourth-order valence-corrected chi connectivity index (χ4v) is 1.43. The summed E-state index contributed by atoms with van der Waals surface area (Å²) in [6, 6.07) is 15.8. The van der Waals surface area contributed by atoms with E-state index in [9.17, 15) is 13.2 Å². The standard InChI is InChI=1S/C8H7F3.C7H8/c1-6-4-2-3-5-7(6)8(9,10)11;1-7-5-3-2-4-6-7/h2-5H,1H3;2-6H,1H3. The number of hydrogen-bond acceptors (Lipinski definition) is 0. The highest BCUT2D eigenvalue weighted by atomic mass is 19.4. The summed E-state index contributed by atoms with van der Waals surface area (Å²) in [6.07, 6.45) is -4.22. The lowest BCUT2D eigenvalue weighted by atomic mass is 10.1. The van der Waals surface area contributed by atoms with Gasteiger partial charge in [-0.3, -0.25) is 0 Å². The Labute approximate surface area is 105 Å². The molecule has 2 rings (SSSR count). The monoisotopic (exact) mass is 252 g/mol. The fourth-order valence-electron chi connectivity index (χ4n) is 1.43. The Morgan fingerprint density at radius 1 is 0.722 bits per heavy atom. The van der Waals surface area contributed by atoms with Crippen molar-refractivity contribution in [3.8, 4) is 0 Å². The molecule has 0 N–H and O–H groups in total. The highest BCUT2D eigenvalue weighted by Crippen LogP contribution is 2.31. The van der Waals surface area contributed by atoms with Gasteiger partial charge in [-0.15, -0.1) is 0 Å². The first kappa shape index (κ1) is 14.3. The molecule has 0 atom stereocenters. The number of hydrogen-bond donors (Lipinski definition) is 0. The van der Waals surface area contributed by atoms with Gasteiger partial charge in [0.25, 0.3) is 0 Å². The molecule has 0 fully saturated rings. The quantitative estimate of drug-likeness (QED) is 0.618. The van der Waals surface area contributed by atoms with Gasteiger partial charge in [0.15, 0.2) is 0 Å². The third-order valence-corrected chi connectivity index (χ3v) is 2.39. The maximum atomic E-state index is 12.0. The first-order valence-electron chi connectivity index (χ1n) is 5.55. The van der Waals surface area contributed by atoms with E-state index in [1.807, 2.05) is 18.2 Å². The predicted octanol–water partition coefficient (Wildman–Crippen LogP) is 5.01. The van der Waals surface area contributed by atoms with E-state index in [1.54, 1.807) is 6.07 Å². The average molecular weight is 252 g/mol. The maximum absolute atomic E-state index is 12.0. The lowest BCUT2D eigenvalue weighted by Crippen LogP contribution is -2.06. The van der Waals surface area contributed by atoms with Crippen molar-refractivity contribution < 1.29 is 13.2 Å². The van der Waals surface area contributed by atoms with Crippen LogP contribution in [-0.4, -0.2) is 0 Å². The van der Waals surface area contributed by atoms with E-state index in [4.69, 9.17) is 0 Å². The van der Waals surface area contributed by atoms with Crippen LogP contribution in [0.5, 0.6) is 0 Å². The van der Waals surface area contributed by atoms with Gasteiger partial charge in [-0.2, -0.15) is 13.2 Å². The topological polar surface area (TPSA) is 0 Å². The Kier molecular flexibility index (Phi) is 4.95. The Balaban J connectivity index is 0.000000199. The Morgan fingerprint density at radius 2 is 1.22 bits per heavy atom. The van der Waals surface area contributed by atoms with Crippen LogP contribution < -0.4 is 0 Å². The van der Waals surface area contributed by atoms with Crippen LogP contribution in [0.1, 0.15) is 16.7 Å². The molecule has 0 saturated carbocycles. The molecule has 0 aliphatic rings. The molecule has 0 bridgehead atoms. The molecule has 0 unspecified atom stereocenters. The molecule has 96 valence electrons. The van der Waals surface area contributed by atoms with Gasteiger partial charge in [-0.1, -0.05) is 54.1 Å². The van der Waals surface area contributed by atoms with E-state index in [1.165, 1.54) is 24.6 Å². The summed E-state index contributed by atoms with van der Waals surface area (Å²) in [7, 11) is 0. The van der Waals surface area contributed by atoms with Crippen LogP contribution >= 0.6 is 0 Å². The summed E-state index contributed by atoms with van der Waals surface area (Å²) in [5.41, 5.74) is 1.03. The van der Waals surface area contributed by atoms with E-state index in [0.29, 0.717) is 0 Å². The molecule has 0 aliphatic carbocycles.